The fourth-order valence-electron chi connectivity index (χ4n) is 9.00. The van der Waals surface area contributed by atoms with Crippen LogP contribution in [0.4, 0.5) is 0 Å². The third-order valence-corrected chi connectivity index (χ3v) is 14.4. The van der Waals surface area contributed by atoms with Crippen molar-refractivity contribution in [2.75, 3.05) is 39.3 Å². The van der Waals surface area contributed by atoms with E-state index >= 15 is 0 Å². The summed E-state index contributed by atoms with van der Waals surface area (Å²) in [6.07, 6.45) is -12.8. The van der Waals surface area contributed by atoms with E-state index in [2.05, 4.69) is 4.40 Å². The van der Waals surface area contributed by atoms with Crippen LogP contribution in [0.3, 0.4) is 0 Å². The number of aliphatic hydroxyl groups is 7. The standard InChI is InChI=1S/C22H29N3O3S.C18H36N4O11/c1-15-6-7-19(14-16(15)2)20-17(3)21(23-29(20,27)28)24-12-8-18(9-13-24)22(26)25-10-4-5-11-25;19-2-6-10(25)12(27)13(28)18(30-6)33-16-5(21)1-4(20)15(14(16)29)32-17-11(26)8(22)9(24)7(3-23)31-17/h6-7,14,18H,4-5,8-13H2,1-3H3;4-18,23-29H,1-3,19-22H2/t;4-,5+,6-,7-,8+,9-,10-,11-,12+,13-,14-,15+,16-,17-,18-/m.1/s1. The van der Waals surface area contributed by atoms with Crippen molar-refractivity contribution in [3.8, 4) is 0 Å². The Morgan fingerprint density at radius 3 is 1.94 bits per heavy atom. The van der Waals surface area contributed by atoms with Gasteiger partial charge in [-0.25, -0.2) is 0 Å². The van der Waals surface area contributed by atoms with Gasteiger partial charge in [-0.05, 0) is 69.6 Å². The van der Waals surface area contributed by atoms with Crippen LogP contribution >= 0.6 is 0 Å². The molecule has 1 saturated carbocycles. The van der Waals surface area contributed by atoms with E-state index < -0.39 is 108 Å². The van der Waals surface area contributed by atoms with E-state index in [4.69, 9.17) is 41.9 Å². The molecule has 7 rings (SSSR count). The predicted molar refractivity (Wildman–Crippen MR) is 223 cm³/mol. The molecular formula is C40H65N7O14S. The zero-order valence-corrected chi connectivity index (χ0v) is 36.1. The molecule has 1 amide bonds. The summed E-state index contributed by atoms with van der Waals surface area (Å²) >= 11 is 0. The second-order valence-corrected chi connectivity index (χ2v) is 18.8. The number of sulfonamides is 1. The molecule has 350 valence electrons. The molecule has 62 heavy (non-hydrogen) atoms. The Balaban J connectivity index is 0.000000208. The molecule has 5 heterocycles. The Bertz CT molecular complexity index is 1840. The van der Waals surface area contributed by atoms with Crippen LogP contribution in [0.5, 0.6) is 0 Å². The molecule has 15 atom stereocenters. The van der Waals surface area contributed by atoms with Crippen LogP contribution in [0.25, 0.3) is 4.91 Å². The molecule has 1 aromatic carbocycles. The largest absolute Gasteiger partial charge is 0.394 e. The summed E-state index contributed by atoms with van der Waals surface area (Å²) < 4.78 is 52.0. The number of carbonyl (C=O) groups is 1. The zero-order chi connectivity index (χ0) is 45.4. The highest BCUT2D eigenvalue weighted by Gasteiger charge is 2.51. The van der Waals surface area contributed by atoms with E-state index in [1.165, 1.54) is 0 Å². The molecule has 21 nitrogen and oxygen atoms in total. The van der Waals surface area contributed by atoms with Crippen molar-refractivity contribution in [2.45, 2.75) is 145 Å². The molecule has 0 spiro atoms. The van der Waals surface area contributed by atoms with Gasteiger partial charge in [-0.15, -0.1) is 4.40 Å². The number of benzene rings is 1. The molecule has 5 aliphatic heterocycles. The van der Waals surface area contributed by atoms with Gasteiger partial charge in [0.15, 0.2) is 12.6 Å². The quantitative estimate of drug-likeness (QED) is 0.118. The molecule has 1 aliphatic carbocycles. The lowest BCUT2D eigenvalue weighted by Gasteiger charge is -2.48. The minimum atomic E-state index is -3.71. The summed E-state index contributed by atoms with van der Waals surface area (Å²) in [5.74, 6) is 0.864. The number of nitrogens with zero attached hydrogens (tertiary/aromatic N) is 3. The highest BCUT2D eigenvalue weighted by molar-refractivity contribution is 8.00. The summed E-state index contributed by atoms with van der Waals surface area (Å²) in [7, 11) is -3.71. The monoisotopic (exact) mass is 899 g/mol. The lowest BCUT2D eigenvalue weighted by molar-refractivity contribution is -0.332. The third-order valence-electron chi connectivity index (χ3n) is 13.0. The predicted octanol–water partition coefficient (Wildman–Crippen LogP) is -4.18. The number of amides is 1. The molecule has 15 N–H and O–H groups in total. The summed E-state index contributed by atoms with van der Waals surface area (Å²) in [4.78, 5) is 17.0. The molecule has 1 aromatic rings. The van der Waals surface area contributed by atoms with E-state index in [1.807, 2.05) is 48.8 Å². The molecule has 6 aliphatic rings. The molecule has 22 heteroatoms. The fraction of sp³-hybridized carbons (Fsp3) is 0.750. The number of ether oxygens (including phenoxy) is 4. The van der Waals surface area contributed by atoms with Crippen molar-refractivity contribution in [2.24, 2.45) is 33.3 Å². The van der Waals surface area contributed by atoms with E-state index in [0.29, 0.717) is 35.0 Å². The van der Waals surface area contributed by atoms with Crippen LogP contribution in [-0.2, 0) is 33.8 Å². The van der Waals surface area contributed by atoms with Gasteiger partial charge in [-0.2, -0.15) is 8.42 Å². The second-order valence-electron chi connectivity index (χ2n) is 17.2. The van der Waals surface area contributed by atoms with Crippen LogP contribution in [0.15, 0.2) is 28.2 Å². The van der Waals surface area contributed by atoms with Crippen LogP contribution < -0.4 is 22.9 Å². The zero-order valence-electron chi connectivity index (χ0n) is 35.3. The van der Waals surface area contributed by atoms with Crippen LogP contribution in [-0.4, -0.2) is 197 Å². The summed E-state index contributed by atoms with van der Waals surface area (Å²) in [6, 6.07) is 2.87. The Labute approximate surface area is 361 Å². The van der Waals surface area contributed by atoms with Gasteiger partial charge in [0.1, 0.15) is 71.8 Å². The maximum atomic E-state index is 12.8. The van der Waals surface area contributed by atoms with E-state index in [1.54, 1.807) is 0 Å². The smallest absolute Gasteiger partial charge is 0.285 e. The molecule has 5 fully saturated rings. The van der Waals surface area contributed by atoms with Gasteiger partial charge in [0.2, 0.25) is 5.91 Å². The molecule has 0 bridgehead atoms. The molecule has 0 radical (unpaired) electrons. The Hall–Kier alpha value is -2.75. The number of aryl methyl sites for hydroxylation is 2. The van der Waals surface area contributed by atoms with Crippen LogP contribution in [0, 0.1) is 19.8 Å². The van der Waals surface area contributed by atoms with Crippen molar-refractivity contribution < 1.29 is 67.9 Å². The normalized spacial score (nSPS) is 39.1. The number of hydrogen-bond acceptors (Lipinski definition) is 19. The first-order chi connectivity index (χ1) is 29.3. The first-order valence-corrected chi connectivity index (χ1v) is 22.7. The number of hydrogen-bond donors (Lipinski definition) is 11. The summed E-state index contributed by atoms with van der Waals surface area (Å²) in [5.41, 5.74) is 27.1. The third kappa shape index (κ3) is 10.1. The number of carbonyl (C=O) groups excluding carboxylic acids is 1. The van der Waals surface area contributed by atoms with Crippen LogP contribution in [0.1, 0.15) is 55.7 Å². The SMILES string of the molecule is CC1=C(c2ccc(C)c(C)c2)S(=O)(=O)N=C1N1CCC(C(=O)N2CCCC2)CC1.NC[C@H]1O[C@H](O[C@H]2[C@H](O)[C@@H](O[C@H]3O[C@H](CO)[C@@H](O)[C@H](N)[C@H]3O)[C@H](N)C[C@@H]2N)[C@H](O)[C@@H](O)[C@@H]1O. The highest BCUT2D eigenvalue weighted by Crippen LogP contribution is 2.36. The molecular weight excluding hydrogens is 835 g/mol. The van der Waals surface area contributed by atoms with Crippen molar-refractivity contribution in [3.63, 3.8) is 0 Å². The minimum Gasteiger partial charge on any atom is -0.394 e. The topological polar surface area (TPSA) is 353 Å². The van der Waals surface area contributed by atoms with Crippen molar-refractivity contribution in [3.05, 3.63) is 40.5 Å². The number of amidine groups is 1. The molecule has 4 saturated heterocycles. The van der Waals surface area contributed by atoms with E-state index in [-0.39, 0.29) is 24.8 Å². The first kappa shape index (κ1) is 48.7. The summed E-state index contributed by atoms with van der Waals surface area (Å²) in [6.45, 7) is 8.16. The van der Waals surface area contributed by atoms with Gasteiger partial charge in [0.25, 0.3) is 10.0 Å². The van der Waals surface area contributed by atoms with E-state index in [0.717, 1.165) is 49.9 Å². The van der Waals surface area contributed by atoms with Gasteiger partial charge >= 0.3 is 0 Å². The van der Waals surface area contributed by atoms with Gasteiger partial charge in [-0.3, -0.25) is 4.79 Å². The maximum absolute atomic E-state index is 12.8. The minimum absolute atomic E-state index is 0.0477. The van der Waals surface area contributed by atoms with Crippen molar-refractivity contribution in [1.82, 2.24) is 9.80 Å². The average molecular weight is 900 g/mol. The fourth-order valence-corrected chi connectivity index (χ4v) is 10.5. The summed E-state index contributed by atoms with van der Waals surface area (Å²) in [5, 5.41) is 70.9. The van der Waals surface area contributed by atoms with Crippen molar-refractivity contribution in [1.29, 1.82) is 0 Å². The lowest BCUT2D eigenvalue weighted by Crippen LogP contribution is -2.68. The Morgan fingerprint density at radius 1 is 0.790 bits per heavy atom. The van der Waals surface area contributed by atoms with Gasteiger partial charge in [0, 0.05) is 56.3 Å². The number of nitrogens with two attached hydrogens (primary N) is 4. The average Bonchev–Trinajstić information content (AvgIpc) is 3.87. The van der Waals surface area contributed by atoms with E-state index in [9.17, 15) is 49.0 Å². The van der Waals surface area contributed by atoms with Gasteiger partial charge < -0.3 is 87.4 Å². The second kappa shape index (κ2) is 20.2. The Morgan fingerprint density at radius 2 is 1.37 bits per heavy atom. The maximum Gasteiger partial charge on any atom is 0.285 e. The number of piperidine rings is 1. The number of aliphatic hydroxyl groups excluding tert-OH is 7. The first-order valence-electron chi connectivity index (χ1n) is 21.2. The number of likely N-dealkylation sites (tertiary alicyclic amines) is 2. The lowest BCUT2D eigenvalue weighted by atomic mass is 9.84. The van der Waals surface area contributed by atoms with Gasteiger partial charge in [0.05, 0.1) is 12.6 Å². The van der Waals surface area contributed by atoms with Gasteiger partial charge in [-0.1, -0.05) is 18.2 Å². The number of rotatable bonds is 8. The van der Waals surface area contributed by atoms with Crippen molar-refractivity contribution >= 4 is 26.7 Å². The van der Waals surface area contributed by atoms with Crippen LogP contribution in [0.2, 0.25) is 0 Å². The molecule has 0 unspecified atom stereocenters. The Kier molecular flexibility index (Phi) is 15.9. The molecule has 0 aromatic heterocycles. The highest BCUT2D eigenvalue weighted by atomic mass is 32.2.